The summed E-state index contributed by atoms with van der Waals surface area (Å²) in [5.41, 5.74) is -1.18. The third kappa shape index (κ3) is 13.7. The number of rotatable bonds is 15. The van der Waals surface area contributed by atoms with E-state index in [0.29, 0.717) is 33.0 Å². The lowest BCUT2D eigenvalue weighted by atomic mass is 10.0. The predicted molar refractivity (Wildman–Crippen MR) is 92.2 cm³/mol. The minimum absolute atomic E-state index is 0.159. The van der Waals surface area contributed by atoms with Crippen LogP contribution in [0, 0.1) is 0 Å². The highest BCUT2D eigenvalue weighted by atomic mass is 19.1. The Labute approximate surface area is 149 Å². The van der Waals surface area contributed by atoms with E-state index in [1.54, 1.807) is 0 Å². The molecular weight excluding hydrogens is 333 g/mol. The number of ether oxygens (including phenoxy) is 3. The van der Waals surface area contributed by atoms with Gasteiger partial charge in [0.05, 0.1) is 38.6 Å². The third-order valence-corrected chi connectivity index (χ3v) is 3.30. The number of carbonyl (C=O) groups is 2. The molecule has 0 radical (unpaired) electrons. The van der Waals surface area contributed by atoms with Gasteiger partial charge in [0.2, 0.25) is 11.8 Å². The first-order valence-corrected chi connectivity index (χ1v) is 8.39. The molecule has 0 bridgehead atoms. The first-order chi connectivity index (χ1) is 11.8. The van der Waals surface area contributed by atoms with Gasteiger partial charge in [-0.1, -0.05) is 0 Å². The predicted octanol–water partition coefficient (Wildman–Crippen LogP) is -0.375. The van der Waals surface area contributed by atoms with Crippen LogP contribution in [0.5, 0.6) is 0 Å². The zero-order chi connectivity index (χ0) is 19.1. The Morgan fingerprint density at radius 1 is 1.04 bits per heavy atom. The van der Waals surface area contributed by atoms with Crippen LogP contribution in [0.2, 0.25) is 0 Å². The van der Waals surface area contributed by atoms with Crippen molar-refractivity contribution in [2.45, 2.75) is 32.5 Å². The molecular formula is C16H32FN3O5. The lowest BCUT2D eigenvalue weighted by Gasteiger charge is -2.28. The van der Waals surface area contributed by atoms with E-state index in [-0.39, 0.29) is 25.0 Å². The molecule has 0 spiro atoms. The average molecular weight is 365 g/mol. The van der Waals surface area contributed by atoms with Crippen molar-refractivity contribution in [1.29, 1.82) is 0 Å². The van der Waals surface area contributed by atoms with E-state index in [0.717, 1.165) is 6.54 Å². The fourth-order valence-corrected chi connectivity index (χ4v) is 1.63. The molecule has 1 atom stereocenters. The molecule has 0 heterocycles. The maximum Gasteiger partial charge on any atom is 0.246 e. The van der Waals surface area contributed by atoms with Crippen LogP contribution < -0.4 is 16.0 Å². The van der Waals surface area contributed by atoms with Crippen molar-refractivity contribution in [2.75, 3.05) is 59.7 Å². The van der Waals surface area contributed by atoms with E-state index in [1.807, 2.05) is 7.05 Å². The van der Waals surface area contributed by atoms with Crippen molar-refractivity contribution < 1.29 is 28.2 Å². The van der Waals surface area contributed by atoms with Crippen molar-refractivity contribution in [2.24, 2.45) is 0 Å². The van der Waals surface area contributed by atoms with Crippen LogP contribution >= 0.6 is 0 Å². The van der Waals surface area contributed by atoms with E-state index < -0.39 is 11.8 Å². The Hall–Kier alpha value is -1.29. The molecule has 0 saturated carbocycles. The van der Waals surface area contributed by atoms with Crippen molar-refractivity contribution >= 4 is 11.8 Å². The summed E-state index contributed by atoms with van der Waals surface area (Å²) in [4.78, 5) is 22.5. The monoisotopic (exact) mass is 365 g/mol. The number of hydrogen-bond acceptors (Lipinski definition) is 6. The Kier molecular flexibility index (Phi) is 13.2. The molecule has 0 aliphatic rings. The van der Waals surface area contributed by atoms with Gasteiger partial charge >= 0.3 is 0 Å². The highest BCUT2D eigenvalue weighted by Crippen LogP contribution is 2.17. The van der Waals surface area contributed by atoms with Gasteiger partial charge in [-0.15, -0.1) is 0 Å². The first-order valence-electron chi connectivity index (χ1n) is 8.39. The standard InChI is InChI=1S/C16H32FN3O5/c1-13(21)20-11-14(17)16(2,3)25-12-15(22)19-6-8-24-10-9-23-7-5-18-4/h14,18H,5-12H2,1-4H3,(H,19,22)(H,20,21). The van der Waals surface area contributed by atoms with E-state index in [9.17, 15) is 14.0 Å². The molecule has 0 aromatic rings. The highest BCUT2D eigenvalue weighted by molar-refractivity contribution is 5.77. The van der Waals surface area contributed by atoms with E-state index in [2.05, 4.69) is 16.0 Å². The van der Waals surface area contributed by atoms with Crippen molar-refractivity contribution in [3.8, 4) is 0 Å². The van der Waals surface area contributed by atoms with Gasteiger partial charge in [-0.25, -0.2) is 4.39 Å². The minimum Gasteiger partial charge on any atom is -0.378 e. The van der Waals surface area contributed by atoms with E-state index in [4.69, 9.17) is 14.2 Å². The van der Waals surface area contributed by atoms with Gasteiger partial charge in [-0.3, -0.25) is 9.59 Å². The molecule has 0 rings (SSSR count). The van der Waals surface area contributed by atoms with Crippen molar-refractivity contribution in [3.63, 3.8) is 0 Å². The Balaban J connectivity index is 3.69. The lowest BCUT2D eigenvalue weighted by molar-refractivity contribution is -0.136. The molecule has 1 unspecified atom stereocenters. The fourth-order valence-electron chi connectivity index (χ4n) is 1.63. The van der Waals surface area contributed by atoms with E-state index >= 15 is 0 Å². The molecule has 8 nitrogen and oxygen atoms in total. The van der Waals surface area contributed by atoms with Crippen LogP contribution in [0.4, 0.5) is 4.39 Å². The SMILES string of the molecule is CNCCOCCOCCNC(=O)COC(C)(C)C(F)CNC(C)=O. The molecule has 9 heteroatoms. The molecule has 148 valence electrons. The topological polar surface area (TPSA) is 97.9 Å². The van der Waals surface area contributed by atoms with Gasteiger partial charge in [0.15, 0.2) is 0 Å². The van der Waals surface area contributed by atoms with Crippen LogP contribution in [0.1, 0.15) is 20.8 Å². The lowest BCUT2D eigenvalue weighted by Crippen LogP contribution is -2.45. The highest BCUT2D eigenvalue weighted by Gasteiger charge is 2.31. The normalized spacial score (nSPS) is 12.7. The van der Waals surface area contributed by atoms with Crippen LogP contribution in [0.3, 0.4) is 0 Å². The molecule has 0 aromatic carbocycles. The van der Waals surface area contributed by atoms with Gasteiger partial charge in [-0.05, 0) is 20.9 Å². The van der Waals surface area contributed by atoms with Gasteiger partial charge in [0.25, 0.3) is 0 Å². The molecule has 0 saturated heterocycles. The number of halogens is 1. The van der Waals surface area contributed by atoms with Crippen LogP contribution in [0.15, 0.2) is 0 Å². The van der Waals surface area contributed by atoms with Crippen LogP contribution in [-0.2, 0) is 23.8 Å². The molecule has 0 aromatic heterocycles. The largest absolute Gasteiger partial charge is 0.378 e. The summed E-state index contributed by atoms with van der Waals surface area (Å²) in [5.74, 6) is -0.669. The average Bonchev–Trinajstić information content (AvgIpc) is 2.56. The molecule has 2 amide bonds. The smallest absolute Gasteiger partial charge is 0.246 e. The zero-order valence-corrected chi connectivity index (χ0v) is 15.7. The maximum atomic E-state index is 14.0. The molecule has 0 aliphatic heterocycles. The summed E-state index contributed by atoms with van der Waals surface area (Å²) in [6.07, 6.45) is -1.42. The molecule has 0 aliphatic carbocycles. The molecule has 3 N–H and O–H groups in total. The summed E-state index contributed by atoms with van der Waals surface area (Å²) in [7, 11) is 1.85. The van der Waals surface area contributed by atoms with Gasteiger partial charge < -0.3 is 30.2 Å². The Morgan fingerprint density at radius 3 is 2.20 bits per heavy atom. The number of amides is 2. The second-order valence-corrected chi connectivity index (χ2v) is 5.97. The second-order valence-electron chi connectivity index (χ2n) is 5.97. The first kappa shape index (κ1) is 23.7. The molecule has 0 fully saturated rings. The maximum absolute atomic E-state index is 14.0. The number of likely N-dealkylation sites (N-methyl/N-ethyl adjacent to an activating group) is 1. The zero-order valence-electron chi connectivity index (χ0n) is 15.7. The minimum atomic E-state index is -1.42. The number of hydrogen-bond donors (Lipinski definition) is 3. The fraction of sp³-hybridized carbons (Fsp3) is 0.875. The summed E-state index contributed by atoms with van der Waals surface area (Å²) in [6, 6.07) is 0. The number of alkyl halides is 1. The number of carbonyl (C=O) groups excluding carboxylic acids is 2. The summed E-state index contributed by atoms with van der Waals surface area (Å²) >= 11 is 0. The van der Waals surface area contributed by atoms with Gasteiger partial charge in [-0.2, -0.15) is 0 Å². The van der Waals surface area contributed by atoms with Crippen molar-refractivity contribution in [1.82, 2.24) is 16.0 Å². The quantitative estimate of drug-likeness (QED) is 0.343. The van der Waals surface area contributed by atoms with Crippen LogP contribution in [0.25, 0.3) is 0 Å². The van der Waals surface area contributed by atoms with Crippen molar-refractivity contribution in [3.05, 3.63) is 0 Å². The van der Waals surface area contributed by atoms with Gasteiger partial charge in [0.1, 0.15) is 12.8 Å². The summed E-state index contributed by atoms with van der Waals surface area (Å²) in [6.45, 7) is 7.02. The Bertz CT molecular complexity index is 383. The summed E-state index contributed by atoms with van der Waals surface area (Å²) < 4.78 is 29.9. The second kappa shape index (κ2) is 13.9. The Morgan fingerprint density at radius 2 is 1.64 bits per heavy atom. The molecule has 25 heavy (non-hydrogen) atoms. The third-order valence-electron chi connectivity index (χ3n) is 3.30. The van der Waals surface area contributed by atoms with Gasteiger partial charge in [0, 0.05) is 20.0 Å². The summed E-state index contributed by atoms with van der Waals surface area (Å²) in [5, 5.41) is 7.97. The van der Waals surface area contributed by atoms with E-state index in [1.165, 1.54) is 20.8 Å². The van der Waals surface area contributed by atoms with Crippen LogP contribution in [-0.4, -0.2) is 83.3 Å². The number of nitrogens with one attached hydrogen (secondary N) is 3.